The van der Waals surface area contributed by atoms with Gasteiger partial charge in [-0.25, -0.2) is 4.68 Å². The van der Waals surface area contributed by atoms with Gasteiger partial charge in [-0.3, -0.25) is 0 Å². The Bertz CT molecular complexity index is 339. The third-order valence-electron chi connectivity index (χ3n) is 2.25. The van der Waals surface area contributed by atoms with Gasteiger partial charge < -0.3 is 19.9 Å². The summed E-state index contributed by atoms with van der Waals surface area (Å²) < 4.78 is 11.5. The predicted octanol–water partition coefficient (Wildman–Crippen LogP) is -0.991. The normalized spacial score (nSPS) is 12.8. The summed E-state index contributed by atoms with van der Waals surface area (Å²) >= 11 is 1.41. The molecule has 0 aromatic carbocycles. The van der Waals surface area contributed by atoms with Crippen LogP contribution in [0.5, 0.6) is 0 Å². The van der Waals surface area contributed by atoms with Crippen LogP contribution in [-0.4, -0.2) is 77.7 Å². The van der Waals surface area contributed by atoms with Crippen LogP contribution < -0.4 is 5.32 Å². The first-order valence-electron chi connectivity index (χ1n) is 6.03. The second-order valence-corrected chi connectivity index (χ2v) is 4.83. The maximum Gasteiger partial charge on any atom is 0.209 e. The summed E-state index contributed by atoms with van der Waals surface area (Å²) in [5, 5.41) is 24.9. The second-order valence-electron chi connectivity index (χ2n) is 3.85. The van der Waals surface area contributed by atoms with Gasteiger partial charge in [-0.15, -0.1) is 5.10 Å². The molecule has 8 nitrogen and oxygen atoms in total. The van der Waals surface area contributed by atoms with Gasteiger partial charge in [0.15, 0.2) is 0 Å². The molecule has 0 bridgehead atoms. The number of thioether (sulfide) groups is 1. The molecule has 19 heavy (non-hydrogen) atoms. The van der Waals surface area contributed by atoms with E-state index in [4.69, 9.17) is 9.47 Å². The molecule has 0 saturated heterocycles. The molecule has 110 valence electrons. The van der Waals surface area contributed by atoms with Gasteiger partial charge in [-0.1, -0.05) is 11.8 Å². The molecule has 1 rings (SSSR count). The molecule has 0 amide bonds. The van der Waals surface area contributed by atoms with E-state index < -0.39 is 6.10 Å². The molecule has 1 heterocycles. The molecule has 1 aromatic heterocycles. The van der Waals surface area contributed by atoms with Crippen molar-refractivity contribution in [2.45, 2.75) is 17.8 Å². The van der Waals surface area contributed by atoms with Crippen LogP contribution >= 0.6 is 11.8 Å². The first-order valence-corrected chi connectivity index (χ1v) is 7.02. The van der Waals surface area contributed by atoms with E-state index in [2.05, 4.69) is 20.8 Å². The molecule has 0 aliphatic carbocycles. The van der Waals surface area contributed by atoms with Gasteiger partial charge >= 0.3 is 0 Å². The lowest BCUT2D eigenvalue weighted by atomic mass is 10.4. The first-order chi connectivity index (χ1) is 9.27. The molecule has 1 atom stereocenters. The number of hydrogen-bond donors (Lipinski definition) is 2. The Morgan fingerprint density at radius 2 is 2.21 bits per heavy atom. The highest BCUT2D eigenvalue weighted by molar-refractivity contribution is 7.99. The number of rotatable bonds is 11. The SMILES string of the molecule is COCCNCCn1nnnc1SCC(O)COC. The van der Waals surface area contributed by atoms with Crippen molar-refractivity contribution in [3.63, 3.8) is 0 Å². The third-order valence-corrected chi connectivity index (χ3v) is 3.35. The molecule has 0 radical (unpaired) electrons. The summed E-state index contributed by atoms with van der Waals surface area (Å²) in [5.74, 6) is 0.505. The van der Waals surface area contributed by atoms with Crippen LogP contribution in [0.1, 0.15) is 0 Å². The third kappa shape index (κ3) is 6.83. The van der Waals surface area contributed by atoms with E-state index in [9.17, 15) is 5.11 Å². The number of aromatic nitrogens is 4. The van der Waals surface area contributed by atoms with E-state index in [0.29, 0.717) is 30.7 Å². The summed E-state index contributed by atoms with van der Waals surface area (Å²) in [5.41, 5.74) is 0. The average Bonchev–Trinajstić information content (AvgIpc) is 2.84. The fourth-order valence-electron chi connectivity index (χ4n) is 1.34. The Morgan fingerprint density at radius 1 is 1.37 bits per heavy atom. The Labute approximate surface area is 116 Å². The van der Waals surface area contributed by atoms with Crippen LogP contribution in [0.2, 0.25) is 0 Å². The molecular formula is C10H21N5O3S. The zero-order valence-corrected chi connectivity index (χ0v) is 12.1. The minimum absolute atomic E-state index is 0.313. The maximum absolute atomic E-state index is 9.56. The predicted molar refractivity (Wildman–Crippen MR) is 71.2 cm³/mol. The summed E-state index contributed by atoms with van der Waals surface area (Å²) in [6.07, 6.45) is -0.514. The van der Waals surface area contributed by atoms with Crippen LogP contribution in [0.4, 0.5) is 0 Å². The van der Waals surface area contributed by atoms with Gasteiger partial charge in [-0.05, 0) is 10.4 Å². The summed E-state index contributed by atoms with van der Waals surface area (Å²) in [4.78, 5) is 0. The van der Waals surface area contributed by atoms with Crippen molar-refractivity contribution < 1.29 is 14.6 Å². The van der Waals surface area contributed by atoms with Crippen molar-refractivity contribution in [3.05, 3.63) is 0 Å². The van der Waals surface area contributed by atoms with Crippen molar-refractivity contribution in [2.24, 2.45) is 0 Å². The second kappa shape index (κ2) is 10.1. The first kappa shape index (κ1) is 16.3. The van der Waals surface area contributed by atoms with E-state index in [1.165, 1.54) is 11.8 Å². The molecule has 0 aliphatic heterocycles. The Hall–Kier alpha value is -0.740. The lowest BCUT2D eigenvalue weighted by Crippen LogP contribution is -2.24. The number of methoxy groups -OCH3 is 2. The minimum atomic E-state index is -0.514. The van der Waals surface area contributed by atoms with Crippen LogP contribution in [0.25, 0.3) is 0 Å². The van der Waals surface area contributed by atoms with Crippen molar-refractivity contribution in [3.8, 4) is 0 Å². The Kier molecular flexibility index (Phi) is 8.67. The maximum atomic E-state index is 9.56. The van der Waals surface area contributed by atoms with Crippen LogP contribution in [0.3, 0.4) is 0 Å². The fraction of sp³-hybridized carbons (Fsp3) is 0.900. The lowest BCUT2D eigenvalue weighted by molar-refractivity contribution is 0.0793. The fourth-order valence-corrected chi connectivity index (χ4v) is 2.14. The highest BCUT2D eigenvalue weighted by Gasteiger charge is 2.10. The van der Waals surface area contributed by atoms with Gasteiger partial charge in [0.1, 0.15) is 0 Å². The average molecular weight is 291 g/mol. The summed E-state index contributed by atoms with van der Waals surface area (Å²) in [7, 11) is 3.23. The standard InChI is InChI=1S/C10H21N5O3S/c1-17-6-4-11-3-5-15-10(12-13-14-15)19-8-9(16)7-18-2/h9,11,16H,3-8H2,1-2H3. The van der Waals surface area contributed by atoms with Crippen molar-refractivity contribution >= 4 is 11.8 Å². The van der Waals surface area contributed by atoms with Crippen LogP contribution in [0.15, 0.2) is 5.16 Å². The van der Waals surface area contributed by atoms with Gasteiger partial charge in [0.25, 0.3) is 0 Å². The van der Waals surface area contributed by atoms with E-state index in [1.54, 1.807) is 18.9 Å². The Balaban J connectivity index is 2.25. The van der Waals surface area contributed by atoms with E-state index in [1.807, 2.05) is 0 Å². The quantitative estimate of drug-likeness (QED) is 0.396. The highest BCUT2D eigenvalue weighted by atomic mass is 32.2. The summed E-state index contributed by atoms with van der Waals surface area (Å²) in [6.45, 7) is 3.24. The molecule has 9 heteroatoms. The van der Waals surface area contributed by atoms with E-state index in [0.717, 1.165) is 13.1 Å². The monoisotopic (exact) mass is 291 g/mol. The van der Waals surface area contributed by atoms with Gasteiger partial charge in [0.05, 0.1) is 25.9 Å². The number of hydrogen-bond acceptors (Lipinski definition) is 8. The number of aliphatic hydroxyl groups excluding tert-OH is 1. The molecule has 0 fully saturated rings. The molecule has 0 saturated carbocycles. The number of tetrazole rings is 1. The minimum Gasteiger partial charge on any atom is -0.390 e. The topological polar surface area (TPSA) is 94.3 Å². The van der Waals surface area contributed by atoms with E-state index in [-0.39, 0.29) is 0 Å². The zero-order valence-electron chi connectivity index (χ0n) is 11.3. The molecule has 0 spiro atoms. The van der Waals surface area contributed by atoms with Gasteiger partial charge in [-0.2, -0.15) is 0 Å². The molecule has 1 aromatic rings. The number of nitrogens with zero attached hydrogens (tertiary/aromatic N) is 4. The van der Waals surface area contributed by atoms with Crippen molar-refractivity contribution in [2.75, 3.05) is 46.3 Å². The van der Waals surface area contributed by atoms with Crippen molar-refractivity contribution in [1.82, 2.24) is 25.5 Å². The smallest absolute Gasteiger partial charge is 0.209 e. The Morgan fingerprint density at radius 3 is 2.95 bits per heavy atom. The largest absolute Gasteiger partial charge is 0.390 e. The van der Waals surface area contributed by atoms with Crippen LogP contribution in [-0.2, 0) is 16.0 Å². The highest BCUT2D eigenvalue weighted by Crippen LogP contribution is 2.14. The van der Waals surface area contributed by atoms with Gasteiger partial charge in [0.2, 0.25) is 5.16 Å². The summed E-state index contributed by atoms with van der Waals surface area (Å²) in [6, 6.07) is 0. The number of nitrogens with one attached hydrogen (secondary N) is 1. The number of aliphatic hydroxyl groups is 1. The molecule has 1 unspecified atom stereocenters. The van der Waals surface area contributed by atoms with Gasteiger partial charge in [0, 0.05) is 33.1 Å². The zero-order chi connectivity index (χ0) is 13.9. The number of ether oxygens (including phenoxy) is 2. The molecule has 2 N–H and O–H groups in total. The molecule has 0 aliphatic rings. The van der Waals surface area contributed by atoms with Crippen molar-refractivity contribution in [1.29, 1.82) is 0 Å². The molecular weight excluding hydrogens is 270 g/mol. The van der Waals surface area contributed by atoms with E-state index >= 15 is 0 Å². The van der Waals surface area contributed by atoms with Crippen LogP contribution in [0, 0.1) is 0 Å². The lowest BCUT2D eigenvalue weighted by Gasteiger charge is -2.09.